The van der Waals surface area contributed by atoms with Crippen LogP contribution in [0.1, 0.15) is 12.8 Å². The van der Waals surface area contributed by atoms with Crippen LogP contribution in [0.2, 0.25) is 0 Å². The molecule has 0 unspecified atom stereocenters. The third-order valence-corrected chi connectivity index (χ3v) is 1.29. The third kappa shape index (κ3) is 12.8. The number of hydrogen-bond donors (Lipinski definition) is 4. The minimum Gasteiger partial charge on any atom is -0.481 e. The van der Waals surface area contributed by atoms with Crippen molar-refractivity contribution in [3.8, 4) is 0 Å². The Morgan fingerprint density at radius 1 is 0.778 bits per heavy atom. The first-order valence-corrected chi connectivity index (χ1v) is 3.17. The van der Waals surface area contributed by atoms with E-state index in [4.69, 9.17) is 20.4 Å². The Morgan fingerprint density at radius 3 is 1.11 bits per heavy atom. The van der Waals surface area contributed by atoms with Crippen LogP contribution in [0, 0.1) is 0 Å². The Kier molecular flexibility index (Phi) is 27.6. The Morgan fingerprint density at radius 2 is 1.00 bits per heavy atom. The molecule has 0 aliphatic carbocycles. The molecule has 0 atom stereocenters. The van der Waals surface area contributed by atoms with Gasteiger partial charge in [0.2, 0.25) is 0 Å². The Hall–Kier alpha value is -1.27. The minimum atomic E-state index is -2.74. The van der Waals surface area contributed by atoms with Gasteiger partial charge in [-0.1, -0.05) is 0 Å². The topological polar surface area (TPSA) is 258 Å². The molecule has 0 rings (SSSR count). The molecule has 0 radical (unpaired) electrons. The van der Waals surface area contributed by atoms with Gasteiger partial charge in [-0.15, -0.1) is 0 Å². The Labute approximate surface area is 111 Å². The number of carboxylic acid groups (broad SMARTS) is 3. The summed E-state index contributed by atoms with van der Waals surface area (Å²) in [7, 11) is 0. The summed E-state index contributed by atoms with van der Waals surface area (Å²) >= 11 is 0. The zero-order chi connectivity index (χ0) is 10.6. The molecule has 0 heterocycles. The molecule has 0 aliphatic heterocycles. The molecule has 0 aromatic carbocycles. The van der Waals surface area contributed by atoms with Gasteiger partial charge in [-0.2, -0.15) is 0 Å². The molecule has 12 N–H and O–H groups in total. The molecule has 0 saturated carbocycles. The van der Waals surface area contributed by atoms with E-state index in [0.717, 1.165) is 0 Å². The molecule has 0 aromatic rings. The molecule has 0 spiro atoms. The average molecular weight is 320 g/mol. The van der Waals surface area contributed by atoms with E-state index in [0.29, 0.717) is 0 Å². The maximum Gasteiger partial charge on any atom is 0.336 e. The predicted molar refractivity (Wildman–Crippen MR) is 51.5 cm³/mol. The summed E-state index contributed by atoms with van der Waals surface area (Å²) in [6.45, 7) is 0. The van der Waals surface area contributed by atoms with Crippen LogP contribution in [0.3, 0.4) is 0 Å². The van der Waals surface area contributed by atoms with Crippen molar-refractivity contribution in [2.45, 2.75) is 18.4 Å². The SMILES string of the molecule is O.O.O.O.O=C(O)CC(O)(CC(=O)O)C(=O)O.[Fe]. The summed E-state index contributed by atoms with van der Waals surface area (Å²) in [5.41, 5.74) is -2.74. The van der Waals surface area contributed by atoms with Crippen LogP contribution in [-0.2, 0) is 31.5 Å². The minimum absolute atomic E-state index is 0. The summed E-state index contributed by atoms with van der Waals surface area (Å²) in [5.74, 6) is -5.02. The first-order valence-electron chi connectivity index (χ1n) is 3.17. The molecule has 114 valence electrons. The normalized spacial score (nSPS) is 7.83. The van der Waals surface area contributed by atoms with Gasteiger partial charge < -0.3 is 42.3 Å². The van der Waals surface area contributed by atoms with Crippen molar-refractivity contribution in [1.82, 2.24) is 0 Å². The van der Waals surface area contributed by atoms with Crippen molar-refractivity contribution in [3.05, 3.63) is 0 Å². The maximum atomic E-state index is 10.3. The predicted octanol–water partition coefficient (Wildman–Crippen LogP) is -4.55. The van der Waals surface area contributed by atoms with Gasteiger partial charge >= 0.3 is 17.9 Å². The fourth-order valence-electron chi connectivity index (χ4n) is 0.714. The largest absolute Gasteiger partial charge is 0.481 e. The van der Waals surface area contributed by atoms with E-state index in [-0.39, 0.29) is 39.0 Å². The van der Waals surface area contributed by atoms with Crippen molar-refractivity contribution in [3.63, 3.8) is 0 Å². The van der Waals surface area contributed by atoms with Crippen LogP contribution in [-0.4, -0.2) is 65.8 Å². The standard InChI is InChI=1S/C6H8O7.Fe.4H2O/c7-3(8)1-6(13,5(11)12)2-4(9)10;;;;;/h13H,1-2H2,(H,7,8)(H,9,10)(H,11,12);;4*1H2. The summed E-state index contributed by atoms with van der Waals surface area (Å²) in [6.07, 6.45) is -2.29. The smallest absolute Gasteiger partial charge is 0.336 e. The number of aliphatic hydroxyl groups is 1. The Balaban J connectivity index is -0.0000000720. The van der Waals surface area contributed by atoms with Crippen LogP contribution in [0.25, 0.3) is 0 Å². The molecule has 12 heteroatoms. The molecule has 0 fully saturated rings. The van der Waals surface area contributed by atoms with E-state index in [2.05, 4.69) is 0 Å². The molecule has 0 aliphatic rings. The third-order valence-electron chi connectivity index (χ3n) is 1.29. The van der Waals surface area contributed by atoms with E-state index < -0.39 is 36.4 Å². The van der Waals surface area contributed by atoms with Gasteiger partial charge in [0.25, 0.3) is 0 Å². The average Bonchev–Trinajstić information content (AvgIpc) is 1.82. The summed E-state index contributed by atoms with van der Waals surface area (Å²) < 4.78 is 0. The first-order chi connectivity index (χ1) is 5.78. The number of aliphatic carboxylic acids is 3. The quantitative estimate of drug-likeness (QED) is 0.360. The second-order valence-corrected chi connectivity index (χ2v) is 2.48. The summed E-state index contributed by atoms with van der Waals surface area (Å²) in [4.78, 5) is 30.5. The van der Waals surface area contributed by atoms with Gasteiger partial charge in [0.05, 0.1) is 12.8 Å². The van der Waals surface area contributed by atoms with Gasteiger partial charge in [0, 0.05) is 17.1 Å². The fourth-order valence-corrected chi connectivity index (χ4v) is 0.714. The van der Waals surface area contributed by atoms with Gasteiger partial charge in [0.1, 0.15) is 0 Å². The molecule has 11 nitrogen and oxygen atoms in total. The second-order valence-electron chi connectivity index (χ2n) is 2.48. The van der Waals surface area contributed by atoms with Gasteiger partial charge in [-0.05, 0) is 0 Å². The summed E-state index contributed by atoms with van der Waals surface area (Å²) in [6, 6.07) is 0. The van der Waals surface area contributed by atoms with Gasteiger partial charge in [0.15, 0.2) is 5.60 Å². The van der Waals surface area contributed by atoms with Crippen molar-refractivity contribution in [2.24, 2.45) is 0 Å². The number of hydrogen-bond acceptors (Lipinski definition) is 4. The van der Waals surface area contributed by atoms with Crippen molar-refractivity contribution >= 4 is 17.9 Å². The molecule has 0 amide bonds. The van der Waals surface area contributed by atoms with Crippen LogP contribution in [0.15, 0.2) is 0 Å². The molecular weight excluding hydrogens is 304 g/mol. The van der Waals surface area contributed by atoms with Gasteiger partial charge in [-0.25, -0.2) is 4.79 Å². The van der Waals surface area contributed by atoms with E-state index in [1.807, 2.05) is 0 Å². The number of carbonyl (C=O) groups is 3. The van der Waals surface area contributed by atoms with Crippen LogP contribution < -0.4 is 0 Å². The van der Waals surface area contributed by atoms with Crippen molar-refractivity contribution < 1.29 is 73.8 Å². The fraction of sp³-hybridized carbons (Fsp3) is 0.500. The zero-order valence-corrected chi connectivity index (χ0v) is 9.89. The molecule has 0 aromatic heterocycles. The molecule has 0 saturated heterocycles. The van der Waals surface area contributed by atoms with E-state index in [1.165, 1.54) is 0 Å². The van der Waals surface area contributed by atoms with Crippen LogP contribution >= 0.6 is 0 Å². The maximum absolute atomic E-state index is 10.3. The van der Waals surface area contributed by atoms with Crippen molar-refractivity contribution in [2.75, 3.05) is 0 Å². The van der Waals surface area contributed by atoms with E-state index in [9.17, 15) is 14.4 Å². The number of rotatable bonds is 5. The van der Waals surface area contributed by atoms with Gasteiger partial charge in [-0.3, -0.25) is 9.59 Å². The van der Waals surface area contributed by atoms with Crippen LogP contribution in [0.4, 0.5) is 0 Å². The molecule has 18 heavy (non-hydrogen) atoms. The Bertz CT molecular complexity index is 236. The first kappa shape index (κ1) is 36.0. The second kappa shape index (κ2) is 13.8. The van der Waals surface area contributed by atoms with Crippen LogP contribution in [0.5, 0.6) is 0 Å². The molecule has 0 bridgehead atoms. The number of carboxylic acids is 3. The monoisotopic (exact) mass is 320 g/mol. The van der Waals surface area contributed by atoms with E-state index in [1.54, 1.807) is 0 Å². The summed E-state index contributed by atoms with van der Waals surface area (Å²) in [5, 5.41) is 33.8. The van der Waals surface area contributed by atoms with Crippen molar-refractivity contribution in [1.29, 1.82) is 0 Å². The zero-order valence-electron chi connectivity index (χ0n) is 8.78. The van der Waals surface area contributed by atoms with E-state index >= 15 is 0 Å². The molecular formula is C6H16FeO11.